The monoisotopic (exact) mass is 324 g/mol. The van der Waals surface area contributed by atoms with Gasteiger partial charge in [-0.3, -0.25) is 0 Å². The van der Waals surface area contributed by atoms with Crippen LogP contribution in [0.4, 0.5) is 0 Å². The molecule has 1 heterocycles. The Morgan fingerprint density at radius 1 is 1.50 bits per heavy atom. The summed E-state index contributed by atoms with van der Waals surface area (Å²) in [6.07, 6.45) is 3.64. The largest absolute Gasteiger partial charge is 0.361 e. The molecule has 0 bridgehead atoms. The van der Waals surface area contributed by atoms with Gasteiger partial charge in [-0.15, -0.1) is 0 Å². The number of hydrogen-bond acceptors (Lipinski definition) is 2. The molecule has 1 rings (SSSR count). The van der Waals surface area contributed by atoms with Crippen molar-refractivity contribution >= 4 is 30.7 Å². The van der Waals surface area contributed by atoms with E-state index in [0.29, 0.717) is 6.73 Å². The molecule has 80 valence electrons. The molecular weight excluding hydrogens is 307 g/mol. The number of hydrogen-bond donors (Lipinski definition) is 0. The molecule has 14 heavy (non-hydrogen) atoms. The molecule has 0 aromatic carbocycles. The zero-order valence-corrected chi connectivity index (χ0v) is 12.1. The Hall–Kier alpha value is 0.117. The standard InChI is InChI=1S/C9H17IN2OSi/c1-14(2,3)5-4-13-8-12-7-11-6-9(12)10/h6-7H,4-5,8H2,1-3H3. The highest BCUT2D eigenvalue weighted by Gasteiger charge is 2.11. The van der Waals surface area contributed by atoms with Crippen LogP contribution in [0.25, 0.3) is 0 Å². The summed E-state index contributed by atoms with van der Waals surface area (Å²) in [4.78, 5) is 4.03. The first-order valence-corrected chi connectivity index (χ1v) is 9.51. The molecule has 0 aliphatic rings. The molecule has 0 saturated heterocycles. The van der Waals surface area contributed by atoms with Crippen LogP contribution in [-0.2, 0) is 11.5 Å². The molecule has 0 saturated carbocycles. The first kappa shape index (κ1) is 12.2. The van der Waals surface area contributed by atoms with E-state index in [0.717, 1.165) is 10.3 Å². The molecule has 0 spiro atoms. The van der Waals surface area contributed by atoms with Crippen LogP contribution in [0.2, 0.25) is 25.7 Å². The summed E-state index contributed by atoms with van der Waals surface area (Å²) in [7, 11) is -0.945. The van der Waals surface area contributed by atoms with Gasteiger partial charge < -0.3 is 9.30 Å². The fourth-order valence-electron chi connectivity index (χ4n) is 0.941. The van der Waals surface area contributed by atoms with Crippen molar-refractivity contribution in [3.8, 4) is 0 Å². The molecule has 1 aromatic heterocycles. The summed E-state index contributed by atoms with van der Waals surface area (Å²) < 4.78 is 8.71. The average Bonchev–Trinajstić information content (AvgIpc) is 2.44. The van der Waals surface area contributed by atoms with Crippen molar-refractivity contribution < 1.29 is 4.74 Å². The minimum atomic E-state index is -0.945. The second-order valence-corrected chi connectivity index (χ2v) is 11.3. The van der Waals surface area contributed by atoms with Gasteiger partial charge in [0.15, 0.2) is 0 Å². The first-order chi connectivity index (χ1) is 6.49. The van der Waals surface area contributed by atoms with Crippen molar-refractivity contribution in [3.63, 3.8) is 0 Å². The minimum Gasteiger partial charge on any atom is -0.361 e. The van der Waals surface area contributed by atoms with E-state index in [-0.39, 0.29) is 0 Å². The number of halogens is 1. The van der Waals surface area contributed by atoms with E-state index in [1.54, 1.807) is 6.33 Å². The Balaban J connectivity index is 2.20. The topological polar surface area (TPSA) is 27.1 Å². The predicted molar refractivity (Wildman–Crippen MR) is 69.0 cm³/mol. The predicted octanol–water partition coefficient (Wildman–Crippen LogP) is 2.80. The average molecular weight is 324 g/mol. The Labute approximate surface area is 100 Å². The molecule has 0 amide bonds. The molecular formula is C9H17IN2OSi. The molecule has 3 nitrogen and oxygen atoms in total. The molecule has 0 aliphatic heterocycles. The Kier molecular flexibility index (Phi) is 4.59. The highest BCUT2D eigenvalue weighted by Crippen LogP contribution is 2.08. The Morgan fingerprint density at radius 2 is 2.21 bits per heavy atom. The molecule has 0 radical (unpaired) electrons. The summed E-state index contributed by atoms with van der Waals surface area (Å²) >= 11 is 2.25. The smallest absolute Gasteiger partial charge is 0.124 e. The van der Waals surface area contributed by atoms with Crippen molar-refractivity contribution in [2.45, 2.75) is 32.4 Å². The first-order valence-electron chi connectivity index (χ1n) is 4.72. The second kappa shape index (κ2) is 5.27. The highest BCUT2D eigenvalue weighted by molar-refractivity contribution is 14.1. The Morgan fingerprint density at radius 3 is 2.71 bits per heavy atom. The van der Waals surface area contributed by atoms with Crippen molar-refractivity contribution in [2.75, 3.05) is 6.61 Å². The SMILES string of the molecule is C[Si](C)(C)CCOCn1cncc1I. The zero-order valence-electron chi connectivity index (χ0n) is 8.96. The van der Waals surface area contributed by atoms with E-state index in [2.05, 4.69) is 47.2 Å². The van der Waals surface area contributed by atoms with E-state index in [1.165, 1.54) is 6.04 Å². The molecule has 0 N–H and O–H groups in total. The van der Waals surface area contributed by atoms with Gasteiger partial charge in [0.1, 0.15) is 10.4 Å². The maximum absolute atomic E-state index is 5.59. The van der Waals surface area contributed by atoms with Crippen LogP contribution >= 0.6 is 22.6 Å². The van der Waals surface area contributed by atoms with Gasteiger partial charge in [-0.25, -0.2) is 4.98 Å². The van der Waals surface area contributed by atoms with Gasteiger partial charge in [0.05, 0.1) is 12.5 Å². The van der Waals surface area contributed by atoms with Crippen LogP contribution in [0, 0.1) is 3.70 Å². The maximum Gasteiger partial charge on any atom is 0.124 e. The lowest BCUT2D eigenvalue weighted by atomic mass is 10.8. The van der Waals surface area contributed by atoms with Crippen molar-refractivity contribution in [1.29, 1.82) is 0 Å². The quantitative estimate of drug-likeness (QED) is 0.473. The second-order valence-electron chi connectivity index (χ2n) is 4.53. The van der Waals surface area contributed by atoms with Crippen LogP contribution in [0.3, 0.4) is 0 Å². The van der Waals surface area contributed by atoms with Crippen LogP contribution in [0.5, 0.6) is 0 Å². The van der Waals surface area contributed by atoms with Gasteiger partial charge in [-0.1, -0.05) is 19.6 Å². The third kappa shape index (κ3) is 4.56. The third-order valence-electron chi connectivity index (χ3n) is 1.89. The number of imidazole rings is 1. The summed E-state index contributed by atoms with van der Waals surface area (Å²) in [6, 6.07) is 1.22. The van der Waals surface area contributed by atoms with E-state index in [9.17, 15) is 0 Å². The summed E-state index contributed by atoms with van der Waals surface area (Å²) in [5.74, 6) is 0. The maximum atomic E-state index is 5.59. The van der Waals surface area contributed by atoms with Gasteiger partial charge in [-0.05, 0) is 28.6 Å². The highest BCUT2D eigenvalue weighted by atomic mass is 127. The van der Waals surface area contributed by atoms with Gasteiger partial charge in [0, 0.05) is 14.7 Å². The number of nitrogens with zero attached hydrogens (tertiary/aromatic N) is 2. The molecule has 1 aromatic rings. The van der Waals surface area contributed by atoms with Crippen molar-refractivity contribution in [2.24, 2.45) is 0 Å². The van der Waals surface area contributed by atoms with Crippen LogP contribution in [0.15, 0.2) is 12.5 Å². The lowest BCUT2D eigenvalue weighted by Gasteiger charge is -2.15. The van der Waals surface area contributed by atoms with Crippen LogP contribution in [-0.4, -0.2) is 24.2 Å². The van der Waals surface area contributed by atoms with Crippen molar-refractivity contribution in [3.05, 3.63) is 16.2 Å². The van der Waals surface area contributed by atoms with Gasteiger partial charge in [-0.2, -0.15) is 0 Å². The minimum absolute atomic E-state index is 0.628. The summed E-state index contributed by atoms with van der Waals surface area (Å²) in [5.41, 5.74) is 0. The lowest BCUT2D eigenvalue weighted by Crippen LogP contribution is -2.22. The van der Waals surface area contributed by atoms with E-state index >= 15 is 0 Å². The summed E-state index contributed by atoms with van der Waals surface area (Å²) in [5, 5.41) is 0. The van der Waals surface area contributed by atoms with Crippen molar-refractivity contribution in [1.82, 2.24) is 9.55 Å². The van der Waals surface area contributed by atoms with Gasteiger partial charge >= 0.3 is 0 Å². The fraction of sp³-hybridized carbons (Fsp3) is 0.667. The van der Waals surface area contributed by atoms with Gasteiger partial charge in [0.2, 0.25) is 0 Å². The number of aromatic nitrogens is 2. The summed E-state index contributed by atoms with van der Waals surface area (Å²) in [6.45, 7) is 8.57. The fourth-order valence-corrected chi connectivity index (χ4v) is 2.12. The lowest BCUT2D eigenvalue weighted by molar-refractivity contribution is 0.0855. The molecule has 5 heteroatoms. The van der Waals surface area contributed by atoms with Crippen LogP contribution < -0.4 is 0 Å². The Bertz CT molecular complexity index is 283. The van der Waals surface area contributed by atoms with E-state index in [4.69, 9.17) is 4.74 Å². The molecule has 0 fully saturated rings. The number of ether oxygens (including phenoxy) is 1. The molecule has 0 aliphatic carbocycles. The van der Waals surface area contributed by atoms with Gasteiger partial charge in [0.25, 0.3) is 0 Å². The van der Waals surface area contributed by atoms with E-state index < -0.39 is 8.07 Å². The zero-order chi connectivity index (χ0) is 10.6. The van der Waals surface area contributed by atoms with E-state index in [1.807, 2.05) is 10.8 Å². The molecule has 0 unspecified atom stereocenters. The van der Waals surface area contributed by atoms with Crippen LogP contribution in [0.1, 0.15) is 0 Å². The molecule has 0 atom stereocenters. The normalized spacial score (nSPS) is 12.0. The number of rotatable bonds is 5. The third-order valence-corrected chi connectivity index (χ3v) is 4.49.